The minimum atomic E-state index is -0.847. The number of aromatic nitrogens is 2. The predicted molar refractivity (Wildman–Crippen MR) is 108 cm³/mol. The van der Waals surface area contributed by atoms with Crippen LogP contribution in [0.3, 0.4) is 0 Å². The van der Waals surface area contributed by atoms with E-state index in [1.54, 1.807) is 22.7 Å². The Bertz CT molecular complexity index is 950. The van der Waals surface area contributed by atoms with Crippen LogP contribution in [-0.4, -0.2) is 27.2 Å². The first-order valence-electron chi connectivity index (χ1n) is 7.93. The van der Waals surface area contributed by atoms with Crippen molar-refractivity contribution in [3.63, 3.8) is 0 Å². The van der Waals surface area contributed by atoms with E-state index in [-0.39, 0.29) is 5.92 Å². The molecule has 0 unspecified atom stereocenters. The average molecular weight is 407 g/mol. The highest BCUT2D eigenvalue weighted by atomic mass is 32.2. The maximum atomic E-state index is 12.4. The minimum absolute atomic E-state index is 0.00602. The molecule has 0 bridgehead atoms. The summed E-state index contributed by atoms with van der Waals surface area (Å²) >= 11 is 4.56. The summed E-state index contributed by atoms with van der Waals surface area (Å²) in [5.41, 5.74) is 6.18. The molecule has 1 atom stereocenters. The minimum Gasteiger partial charge on any atom is -0.351 e. The van der Waals surface area contributed by atoms with Gasteiger partial charge in [0, 0.05) is 15.8 Å². The molecule has 0 aromatic carbocycles. The van der Waals surface area contributed by atoms with Crippen LogP contribution in [0.1, 0.15) is 19.7 Å². The number of imide groups is 1. The summed E-state index contributed by atoms with van der Waals surface area (Å²) in [5.74, 6) is 0.237. The fraction of sp³-hybridized carbons (Fsp3) is 0.294. The van der Waals surface area contributed by atoms with E-state index in [1.165, 1.54) is 11.8 Å². The number of hydrogen-bond acceptors (Lipinski definition) is 7. The number of nitrogens with one attached hydrogen (secondary N) is 1. The lowest BCUT2D eigenvalue weighted by atomic mass is 10.1. The number of nitrogens with zero attached hydrogens (tertiary/aromatic N) is 2. The van der Waals surface area contributed by atoms with Gasteiger partial charge in [-0.15, -0.1) is 22.7 Å². The predicted octanol–water partition coefficient (Wildman–Crippen LogP) is 4.04. The van der Waals surface area contributed by atoms with E-state index in [0.717, 1.165) is 25.7 Å². The van der Waals surface area contributed by atoms with Gasteiger partial charge in [0.1, 0.15) is 15.7 Å². The van der Waals surface area contributed by atoms with Crippen molar-refractivity contribution < 1.29 is 9.59 Å². The van der Waals surface area contributed by atoms with E-state index >= 15 is 0 Å². The summed E-state index contributed by atoms with van der Waals surface area (Å²) in [4.78, 5) is 34.6. The maximum absolute atomic E-state index is 12.4. The van der Waals surface area contributed by atoms with Gasteiger partial charge in [0.15, 0.2) is 0 Å². The number of urea groups is 1. The van der Waals surface area contributed by atoms with Crippen molar-refractivity contribution >= 4 is 56.6 Å². The molecule has 3 amide bonds. The highest BCUT2D eigenvalue weighted by Crippen LogP contribution is 2.41. The molecule has 9 heteroatoms. The smallest absolute Gasteiger partial charge is 0.318 e. The van der Waals surface area contributed by atoms with Gasteiger partial charge in [-0.25, -0.2) is 14.8 Å². The monoisotopic (exact) mass is 406 g/mol. The number of rotatable bonds is 5. The van der Waals surface area contributed by atoms with Crippen LogP contribution in [-0.2, 0) is 4.79 Å². The van der Waals surface area contributed by atoms with Crippen molar-refractivity contribution in [2.24, 2.45) is 11.7 Å². The molecule has 0 spiro atoms. The molecule has 26 heavy (non-hydrogen) atoms. The molecule has 3 rings (SSSR count). The van der Waals surface area contributed by atoms with Crippen LogP contribution in [0.4, 0.5) is 4.79 Å². The summed E-state index contributed by atoms with van der Waals surface area (Å²) in [6, 6.07) is 3.21. The van der Waals surface area contributed by atoms with E-state index in [0.29, 0.717) is 5.82 Å². The Morgan fingerprint density at radius 2 is 2.04 bits per heavy atom. The molecular formula is C17H18N4O2S3. The molecule has 3 aromatic heterocycles. The zero-order valence-corrected chi connectivity index (χ0v) is 16.9. The van der Waals surface area contributed by atoms with Gasteiger partial charge in [0.2, 0.25) is 5.91 Å². The Morgan fingerprint density at radius 1 is 1.27 bits per heavy atom. The first-order valence-corrected chi connectivity index (χ1v) is 10.6. The average Bonchev–Trinajstić information content (AvgIpc) is 3.19. The van der Waals surface area contributed by atoms with E-state index in [2.05, 4.69) is 26.7 Å². The summed E-state index contributed by atoms with van der Waals surface area (Å²) in [7, 11) is 0. The quantitative estimate of drug-likeness (QED) is 0.492. The summed E-state index contributed by atoms with van der Waals surface area (Å²) in [6.07, 6.45) is 0. The number of aryl methyl sites for hydroxylation is 1. The van der Waals surface area contributed by atoms with Crippen molar-refractivity contribution in [2.75, 3.05) is 0 Å². The molecule has 0 radical (unpaired) electrons. The second-order valence-electron chi connectivity index (χ2n) is 6.02. The molecule has 136 valence electrons. The lowest BCUT2D eigenvalue weighted by Crippen LogP contribution is -2.42. The lowest BCUT2D eigenvalue weighted by molar-refractivity contribution is -0.120. The van der Waals surface area contributed by atoms with Crippen molar-refractivity contribution in [3.05, 3.63) is 28.7 Å². The third-order valence-electron chi connectivity index (χ3n) is 3.65. The Hall–Kier alpha value is -1.97. The molecule has 3 heterocycles. The zero-order chi connectivity index (χ0) is 18.8. The highest BCUT2D eigenvalue weighted by molar-refractivity contribution is 8.00. The zero-order valence-electron chi connectivity index (χ0n) is 14.5. The van der Waals surface area contributed by atoms with Crippen LogP contribution in [0.2, 0.25) is 0 Å². The van der Waals surface area contributed by atoms with E-state index in [1.807, 2.05) is 32.2 Å². The fourth-order valence-corrected chi connectivity index (χ4v) is 5.57. The van der Waals surface area contributed by atoms with Crippen LogP contribution in [0.15, 0.2) is 27.9 Å². The summed E-state index contributed by atoms with van der Waals surface area (Å²) in [6.45, 7) is 5.69. The second-order valence-corrected chi connectivity index (χ2v) is 8.95. The van der Waals surface area contributed by atoms with Crippen LogP contribution >= 0.6 is 34.4 Å². The summed E-state index contributed by atoms with van der Waals surface area (Å²) < 4.78 is 0. The van der Waals surface area contributed by atoms with Crippen molar-refractivity contribution in [2.45, 2.75) is 31.0 Å². The second kappa shape index (κ2) is 7.73. The molecule has 0 aliphatic rings. The normalized spacial score (nSPS) is 12.5. The van der Waals surface area contributed by atoms with Gasteiger partial charge < -0.3 is 5.73 Å². The van der Waals surface area contributed by atoms with Crippen molar-refractivity contribution in [1.82, 2.24) is 15.3 Å². The van der Waals surface area contributed by atoms with Gasteiger partial charge in [-0.1, -0.05) is 31.7 Å². The van der Waals surface area contributed by atoms with Crippen LogP contribution < -0.4 is 11.1 Å². The number of nitrogens with two attached hydrogens (primary N) is 1. The van der Waals surface area contributed by atoms with Crippen molar-refractivity contribution in [1.29, 1.82) is 0 Å². The van der Waals surface area contributed by atoms with Gasteiger partial charge in [-0.3, -0.25) is 10.1 Å². The maximum Gasteiger partial charge on any atom is 0.318 e. The number of thioether (sulfide) groups is 1. The van der Waals surface area contributed by atoms with Crippen molar-refractivity contribution in [3.8, 4) is 10.4 Å². The van der Waals surface area contributed by atoms with Gasteiger partial charge in [-0.05, 0) is 24.3 Å². The molecular weight excluding hydrogens is 388 g/mol. The number of fused-ring (bicyclic) bond motifs is 1. The van der Waals surface area contributed by atoms with Gasteiger partial charge in [-0.2, -0.15) is 0 Å². The molecule has 0 aliphatic carbocycles. The Morgan fingerprint density at radius 3 is 2.65 bits per heavy atom. The highest BCUT2D eigenvalue weighted by Gasteiger charge is 2.27. The molecule has 3 N–H and O–H groups in total. The number of thiophene rings is 2. The van der Waals surface area contributed by atoms with Gasteiger partial charge in [0.05, 0.1) is 10.6 Å². The Kier molecular flexibility index (Phi) is 5.59. The Balaban J connectivity index is 2.07. The largest absolute Gasteiger partial charge is 0.351 e. The van der Waals surface area contributed by atoms with E-state index in [9.17, 15) is 9.59 Å². The van der Waals surface area contributed by atoms with Gasteiger partial charge >= 0.3 is 6.03 Å². The molecule has 3 aromatic rings. The third-order valence-corrected chi connectivity index (χ3v) is 6.95. The molecule has 0 saturated heterocycles. The number of primary amides is 1. The van der Waals surface area contributed by atoms with Gasteiger partial charge in [0.25, 0.3) is 0 Å². The first-order chi connectivity index (χ1) is 12.4. The fourth-order valence-electron chi connectivity index (χ4n) is 2.52. The number of amides is 3. The van der Waals surface area contributed by atoms with E-state index in [4.69, 9.17) is 5.73 Å². The van der Waals surface area contributed by atoms with Crippen LogP contribution in [0, 0.1) is 12.8 Å². The third kappa shape index (κ3) is 3.89. The molecule has 0 aliphatic heterocycles. The number of carbonyl (C=O) groups excluding carboxylic acids is 2. The van der Waals surface area contributed by atoms with E-state index < -0.39 is 17.2 Å². The standard InChI is InChI=1S/C17H18N4O2S3/c1-8(2)13(14(22)21-17(18)23)26-16-12-10(11-5-4-6-24-11)7-25-15(12)19-9(3)20-16/h4-8,13H,1-3H3,(H3,18,21,22,23)/t13-/m0/s1. The SMILES string of the molecule is Cc1nc(S[C@H](C(=O)NC(N)=O)C(C)C)c2c(-c3cccs3)csc2n1. The Labute approximate surface area is 163 Å². The van der Waals surface area contributed by atoms with Crippen LogP contribution in [0.5, 0.6) is 0 Å². The molecule has 6 nitrogen and oxygen atoms in total. The lowest BCUT2D eigenvalue weighted by Gasteiger charge is -2.19. The number of carbonyl (C=O) groups is 2. The topological polar surface area (TPSA) is 98.0 Å². The van der Waals surface area contributed by atoms with Crippen LogP contribution in [0.25, 0.3) is 20.7 Å². The summed E-state index contributed by atoms with van der Waals surface area (Å²) in [5, 5.41) is 7.49. The molecule has 0 saturated carbocycles. The number of hydrogen-bond donors (Lipinski definition) is 2. The molecule has 0 fully saturated rings. The first kappa shape index (κ1) is 18.8.